The predicted molar refractivity (Wildman–Crippen MR) is 105 cm³/mol. The molecule has 1 fully saturated rings. The van der Waals surface area contributed by atoms with E-state index in [4.69, 9.17) is 9.72 Å². The SMILES string of the molecule is COc1ccc(C(CC(=O)N2CCCC2)c2cnc3n2CCC(C)C3)cc1. The van der Waals surface area contributed by atoms with Gasteiger partial charge < -0.3 is 14.2 Å². The molecule has 0 spiro atoms. The minimum Gasteiger partial charge on any atom is -0.497 e. The van der Waals surface area contributed by atoms with Gasteiger partial charge in [0.15, 0.2) is 0 Å². The van der Waals surface area contributed by atoms with Crippen molar-refractivity contribution in [2.24, 2.45) is 5.92 Å². The Morgan fingerprint density at radius 3 is 2.67 bits per heavy atom. The second kappa shape index (κ2) is 7.75. The summed E-state index contributed by atoms with van der Waals surface area (Å²) in [4.78, 5) is 19.7. The second-order valence-electron chi connectivity index (χ2n) is 7.97. The summed E-state index contributed by atoms with van der Waals surface area (Å²) in [5.74, 6) is 2.98. The summed E-state index contributed by atoms with van der Waals surface area (Å²) in [5.41, 5.74) is 2.33. The van der Waals surface area contributed by atoms with E-state index in [2.05, 4.69) is 23.6 Å². The third-order valence-corrected chi connectivity index (χ3v) is 6.06. The van der Waals surface area contributed by atoms with Crippen molar-refractivity contribution in [1.82, 2.24) is 14.5 Å². The lowest BCUT2D eigenvalue weighted by molar-refractivity contribution is -0.130. The van der Waals surface area contributed by atoms with Crippen LogP contribution in [-0.4, -0.2) is 40.6 Å². The van der Waals surface area contributed by atoms with Crippen molar-refractivity contribution in [3.63, 3.8) is 0 Å². The summed E-state index contributed by atoms with van der Waals surface area (Å²) in [6, 6.07) is 8.15. The minimum atomic E-state index is 0.0404. The molecule has 1 saturated heterocycles. The number of rotatable bonds is 5. The molecule has 2 aromatic rings. The van der Waals surface area contributed by atoms with Gasteiger partial charge in [0.2, 0.25) is 5.91 Å². The van der Waals surface area contributed by atoms with Crippen molar-refractivity contribution >= 4 is 5.91 Å². The van der Waals surface area contributed by atoms with Crippen molar-refractivity contribution in [2.45, 2.75) is 51.5 Å². The molecular formula is C22H29N3O2. The van der Waals surface area contributed by atoms with Crippen LogP contribution in [0.5, 0.6) is 5.75 Å². The molecule has 0 bridgehead atoms. The molecule has 1 amide bonds. The molecule has 2 aliphatic rings. The Labute approximate surface area is 161 Å². The van der Waals surface area contributed by atoms with Gasteiger partial charge in [-0.15, -0.1) is 0 Å². The maximum absolute atomic E-state index is 12.9. The fourth-order valence-electron chi connectivity index (χ4n) is 4.39. The van der Waals surface area contributed by atoms with E-state index in [1.54, 1.807) is 7.11 Å². The van der Waals surface area contributed by atoms with E-state index in [0.29, 0.717) is 12.3 Å². The first kappa shape index (κ1) is 18.1. The number of benzene rings is 1. The smallest absolute Gasteiger partial charge is 0.223 e. The van der Waals surface area contributed by atoms with E-state index in [1.165, 1.54) is 12.1 Å². The third-order valence-electron chi connectivity index (χ3n) is 6.06. The molecule has 0 N–H and O–H groups in total. The Bertz CT molecular complexity index is 790. The first-order chi connectivity index (χ1) is 13.2. The lowest BCUT2D eigenvalue weighted by Crippen LogP contribution is -2.30. The second-order valence-corrected chi connectivity index (χ2v) is 7.97. The van der Waals surface area contributed by atoms with Gasteiger partial charge in [-0.05, 0) is 42.9 Å². The van der Waals surface area contributed by atoms with Gasteiger partial charge in [-0.25, -0.2) is 4.98 Å². The van der Waals surface area contributed by atoms with E-state index in [0.717, 1.165) is 56.0 Å². The number of hydrogen-bond donors (Lipinski definition) is 0. The van der Waals surface area contributed by atoms with Crippen molar-refractivity contribution in [2.75, 3.05) is 20.2 Å². The predicted octanol–water partition coefficient (Wildman–Crippen LogP) is 3.62. The fourth-order valence-corrected chi connectivity index (χ4v) is 4.39. The maximum Gasteiger partial charge on any atom is 0.223 e. The molecule has 27 heavy (non-hydrogen) atoms. The van der Waals surface area contributed by atoms with Crippen molar-refractivity contribution < 1.29 is 9.53 Å². The van der Waals surface area contributed by atoms with Crippen LogP contribution in [0.1, 0.15) is 55.6 Å². The summed E-state index contributed by atoms with van der Waals surface area (Å²) in [6.45, 7) is 5.08. The monoisotopic (exact) mass is 367 g/mol. The lowest BCUT2D eigenvalue weighted by Gasteiger charge is -2.26. The summed E-state index contributed by atoms with van der Waals surface area (Å²) in [5, 5.41) is 0. The van der Waals surface area contributed by atoms with Crippen LogP contribution in [0.4, 0.5) is 0 Å². The van der Waals surface area contributed by atoms with Gasteiger partial charge in [0.05, 0.1) is 7.11 Å². The summed E-state index contributed by atoms with van der Waals surface area (Å²) < 4.78 is 7.66. The molecule has 3 heterocycles. The number of amides is 1. The molecular weight excluding hydrogens is 338 g/mol. The van der Waals surface area contributed by atoms with E-state index in [-0.39, 0.29) is 11.8 Å². The van der Waals surface area contributed by atoms with Gasteiger partial charge in [-0.3, -0.25) is 4.79 Å². The highest BCUT2D eigenvalue weighted by molar-refractivity contribution is 5.78. The number of aromatic nitrogens is 2. The van der Waals surface area contributed by atoms with Crippen LogP contribution in [0.15, 0.2) is 30.5 Å². The van der Waals surface area contributed by atoms with Gasteiger partial charge in [-0.1, -0.05) is 19.1 Å². The largest absolute Gasteiger partial charge is 0.497 e. The molecule has 5 nitrogen and oxygen atoms in total. The van der Waals surface area contributed by atoms with Crippen LogP contribution >= 0.6 is 0 Å². The Morgan fingerprint density at radius 2 is 1.96 bits per heavy atom. The summed E-state index contributed by atoms with van der Waals surface area (Å²) in [7, 11) is 1.68. The number of methoxy groups -OCH3 is 1. The quantitative estimate of drug-likeness (QED) is 0.811. The highest BCUT2D eigenvalue weighted by Gasteiger charge is 2.28. The highest BCUT2D eigenvalue weighted by atomic mass is 16.5. The van der Waals surface area contributed by atoms with Crippen LogP contribution in [0, 0.1) is 5.92 Å². The number of imidazole rings is 1. The first-order valence-corrected chi connectivity index (χ1v) is 10.1. The molecule has 144 valence electrons. The van der Waals surface area contributed by atoms with Crippen molar-refractivity contribution in [3.05, 3.63) is 47.5 Å². The molecule has 1 aromatic carbocycles. The molecule has 0 radical (unpaired) electrons. The number of fused-ring (bicyclic) bond motifs is 1. The normalized spacial score (nSPS) is 20.4. The molecule has 1 aromatic heterocycles. The Morgan fingerprint density at radius 1 is 1.22 bits per heavy atom. The number of likely N-dealkylation sites (tertiary alicyclic amines) is 1. The van der Waals surface area contributed by atoms with Crippen molar-refractivity contribution in [3.8, 4) is 5.75 Å². The van der Waals surface area contributed by atoms with E-state index in [1.807, 2.05) is 23.2 Å². The minimum absolute atomic E-state index is 0.0404. The Balaban J connectivity index is 1.66. The first-order valence-electron chi connectivity index (χ1n) is 10.1. The lowest BCUT2D eigenvalue weighted by atomic mass is 9.91. The van der Waals surface area contributed by atoms with E-state index < -0.39 is 0 Å². The topological polar surface area (TPSA) is 47.4 Å². The summed E-state index contributed by atoms with van der Waals surface area (Å²) in [6.07, 6.45) is 6.95. The molecule has 0 aliphatic carbocycles. The Hall–Kier alpha value is -2.30. The van der Waals surface area contributed by atoms with Crippen LogP contribution in [0.2, 0.25) is 0 Å². The molecule has 5 heteroatoms. The van der Waals surface area contributed by atoms with E-state index in [9.17, 15) is 4.79 Å². The van der Waals surface area contributed by atoms with Gasteiger partial charge >= 0.3 is 0 Å². The molecule has 2 aliphatic heterocycles. The number of hydrogen-bond acceptors (Lipinski definition) is 3. The maximum atomic E-state index is 12.9. The molecule has 2 atom stereocenters. The zero-order valence-corrected chi connectivity index (χ0v) is 16.4. The van der Waals surface area contributed by atoms with Gasteiger partial charge in [-0.2, -0.15) is 0 Å². The number of carbonyl (C=O) groups is 1. The van der Waals surface area contributed by atoms with Crippen LogP contribution in [0.25, 0.3) is 0 Å². The molecule has 4 rings (SSSR count). The highest BCUT2D eigenvalue weighted by Crippen LogP contribution is 2.33. The molecule has 0 saturated carbocycles. The average Bonchev–Trinajstić information content (AvgIpc) is 3.36. The van der Waals surface area contributed by atoms with E-state index >= 15 is 0 Å². The van der Waals surface area contributed by atoms with Gasteiger partial charge in [0.1, 0.15) is 11.6 Å². The Kier molecular flexibility index (Phi) is 5.19. The van der Waals surface area contributed by atoms with Crippen LogP contribution < -0.4 is 4.74 Å². The zero-order valence-electron chi connectivity index (χ0n) is 16.4. The summed E-state index contributed by atoms with van der Waals surface area (Å²) >= 11 is 0. The fraction of sp³-hybridized carbons (Fsp3) is 0.545. The third kappa shape index (κ3) is 3.73. The van der Waals surface area contributed by atoms with Gasteiger partial charge in [0.25, 0.3) is 0 Å². The average molecular weight is 367 g/mol. The van der Waals surface area contributed by atoms with Crippen LogP contribution in [-0.2, 0) is 17.8 Å². The number of nitrogens with zero attached hydrogens (tertiary/aromatic N) is 3. The zero-order chi connectivity index (χ0) is 18.8. The van der Waals surface area contributed by atoms with Gasteiger partial charge in [0, 0.05) is 50.3 Å². The molecule has 2 unspecified atom stereocenters. The standard InChI is InChI=1S/C22H29N3O2/c1-16-9-12-25-20(15-23-21(25)13-16)19(14-22(26)24-10-3-4-11-24)17-5-7-18(27-2)8-6-17/h5-8,15-16,19H,3-4,9-14H2,1-2H3. The number of carbonyl (C=O) groups excluding carboxylic acids is 1. The number of ether oxygens (including phenoxy) is 1. The van der Waals surface area contributed by atoms with Crippen molar-refractivity contribution in [1.29, 1.82) is 0 Å². The van der Waals surface area contributed by atoms with Crippen LogP contribution in [0.3, 0.4) is 0 Å².